The van der Waals surface area contributed by atoms with Crippen LogP contribution in [0.2, 0.25) is 0 Å². The van der Waals surface area contributed by atoms with E-state index in [0.717, 1.165) is 0 Å². The molecule has 0 unspecified atom stereocenters. The predicted octanol–water partition coefficient (Wildman–Crippen LogP) is 3.38. The molecule has 0 aliphatic carbocycles. The molecule has 8 rings (SSSR count). The maximum absolute atomic E-state index is 13.5. The zero-order valence-corrected chi connectivity index (χ0v) is 22.7. The molecule has 6 atom stereocenters. The Balaban J connectivity index is 1.51. The van der Waals surface area contributed by atoms with Crippen molar-refractivity contribution in [2.75, 3.05) is 14.2 Å². The Hall–Kier alpha value is -4.02. The number of esters is 2. The van der Waals surface area contributed by atoms with Gasteiger partial charge < -0.3 is 37.9 Å². The van der Waals surface area contributed by atoms with Crippen LogP contribution in [0.5, 0.6) is 23.0 Å². The third-order valence-electron chi connectivity index (χ3n) is 9.70. The number of hydrogen-bond acceptors (Lipinski definition) is 10. The summed E-state index contributed by atoms with van der Waals surface area (Å²) in [6.45, 7) is 7.02. The molecule has 10 heteroatoms. The van der Waals surface area contributed by atoms with E-state index in [0.29, 0.717) is 34.5 Å². The molecule has 6 aliphatic rings. The Kier molecular flexibility index (Phi) is 3.96. The standard InChI is InChI=1S/C30H26O10/c1-25-19(23(31)33-5)20(24(32)34-6)26(2,39-25)30-28(4)22-21(35-15-11-7-8-12-16(15)36-22)27(3,40-28)29(25,30)37-17-13-9-10-14-18(17)38-30/h7-14H,1-6H3/t25-,26+,27-,28+,29+,30-. The highest BCUT2D eigenvalue weighted by Crippen LogP contribution is 2.82. The molecule has 0 aromatic heterocycles. The number of hydrogen-bond donors (Lipinski definition) is 0. The van der Waals surface area contributed by atoms with Crippen molar-refractivity contribution < 1.29 is 47.5 Å². The van der Waals surface area contributed by atoms with Crippen LogP contribution in [0, 0.1) is 0 Å². The summed E-state index contributed by atoms with van der Waals surface area (Å²) in [7, 11) is 2.49. The normalized spacial score (nSPS) is 40.5. The van der Waals surface area contributed by atoms with Crippen molar-refractivity contribution in [3.63, 3.8) is 0 Å². The van der Waals surface area contributed by atoms with E-state index in [2.05, 4.69) is 0 Å². The number of ether oxygens (including phenoxy) is 8. The average Bonchev–Trinajstić information content (AvgIpc) is 3.50. The van der Waals surface area contributed by atoms with Gasteiger partial charge in [0, 0.05) is 0 Å². The molecule has 206 valence electrons. The molecule has 0 amide bonds. The maximum atomic E-state index is 13.5. The molecule has 2 saturated heterocycles. The van der Waals surface area contributed by atoms with Gasteiger partial charge in [-0.15, -0.1) is 0 Å². The number of carbonyl (C=O) groups is 2. The van der Waals surface area contributed by atoms with Crippen molar-refractivity contribution in [2.45, 2.75) is 61.3 Å². The van der Waals surface area contributed by atoms with Crippen LogP contribution in [0.1, 0.15) is 27.7 Å². The first kappa shape index (κ1) is 23.8. The second-order valence-corrected chi connectivity index (χ2v) is 11.4. The molecular formula is C30H26O10. The molecule has 40 heavy (non-hydrogen) atoms. The summed E-state index contributed by atoms with van der Waals surface area (Å²) in [5, 5.41) is 0. The molecule has 6 heterocycles. The minimum atomic E-state index is -1.64. The van der Waals surface area contributed by atoms with Gasteiger partial charge in [-0.1, -0.05) is 24.3 Å². The van der Waals surface area contributed by atoms with Crippen LogP contribution in [-0.2, 0) is 28.5 Å². The number of fused-ring (bicyclic) bond motifs is 8. The van der Waals surface area contributed by atoms with Gasteiger partial charge in [0.05, 0.1) is 25.4 Å². The van der Waals surface area contributed by atoms with E-state index in [4.69, 9.17) is 37.9 Å². The molecule has 0 saturated carbocycles. The average molecular weight is 547 g/mol. The second kappa shape index (κ2) is 6.64. The Morgan fingerprint density at radius 1 is 0.575 bits per heavy atom. The molecule has 2 aromatic rings. The van der Waals surface area contributed by atoms with E-state index in [9.17, 15) is 9.59 Å². The first-order valence-electron chi connectivity index (χ1n) is 13.0. The number of para-hydroxylation sites is 4. The SMILES string of the molecule is COC(=O)C1=C(C(=O)OC)[C@@]2(C)O[C@]1(C)[C@]13Oc4ccccc4O[C@@]12[C@]1(C)O[C@@]3(C)C2=C1Oc1ccccc1O2. The molecule has 2 aromatic carbocycles. The van der Waals surface area contributed by atoms with Crippen LogP contribution >= 0.6 is 0 Å². The second-order valence-electron chi connectivity index (χ2n) is 11.4. The topological polar surface area (TPSA) is 108 Å². The van der Waals surface area contributed by atoms with Gasteiger partial charge in [0.15, 0.2) is 45.7 Å². The number of methoxy groups -OCH3 is 2. The van der Waals surface area contributed by atoms with Gasteiger partial charge in [-0.2, -0.15) is 0 Å². The lowest BCUT2D eigenvalue weighted by atomic mass is 9.48. The fourth-order valence-electron chi connectivity index (χ4n) is 8.54. The minimum absolute atomic E-state index is 0.0248. The Bertz CT molecular complexity index is 1540. The molecule has 0 radical (unpaired) electrons. The van der Waals surface area contributed by atoms with Crippen molar-refractivity contribution in [1.29, 1.82) is 0 Å². The van der Waals surface area contributed by atoms with Crippen molar-refractivity contribution in [2.24, 2.45) is 0 Å². The zero-order chi connectivity index (χ0) is 28.1. The molecule has 4 bridgehead atoms. The van der Waals surface area contributed by atoms with Crippen LogP contribution in [0.25, 0.3) is 0 Å². The summed E-state index contributed by atoms with van der Waals surface area (Å²) >= 11 is 0. The molecular weight excluding hydrogens is 520 g/mol. The molecule has 10 nitrogen and oxygen atoms in total. The zero-order valence-electron chi connectivity index (χ0n) is 22.7. The number of carbonyl (C=O) groups excluding carboxylic acids is 2. The van der Waals surface area contributed by atoms with E-state index in [-0.39, 0.29) is 11.1 Å². The van der Waals surface area contributed by atoms with Gasteiger partial charge in [-0.25, -0.2) is 9.59 Å². The third kappa shape index (κ3) is 1.97. The van der Waals surface area contributed by atoms with Crippen LogP contribution in [-0.4, -0.2) is 59.8 Å². The number of benzene rings is 2. The van der Waals surface area contributed by atoms with Gasteiger partial charge in [0.25, 0.3) is 0 Å². The molecule has 0 N–H and O–H groups in total. The fourth-order valence-corrected chi connectivity index (χ4v) is 8.54. The lowest BCUT2D eigenvalue weighted by Crippen LogP contribution is -2.85. The summed E-state index contributed by atoms with van der Waals surface area (Å²) in [6.07, 6.45) is 0. The summed E-state index contributed by atoms with van der Waals surface area (Å²) in [5.41, 5.74) is -9.43. The Labute approximate surface area is 229 Å². The quantitative estimate of drug-likeness (QED) is 0.520. The van der Waals surface area contributed by atoms with Crippen LogP contribution in [0.15, 0.2) is 71.2 Å². The highest BCUT2D eigenvalue weighted by atomic mass is 16.7. The maximum Gasteiger partial charge on any atom is 0.337 e. The Morgan fingerprint density at radius 3 is 1.30 bits per heavy atom. The lowest BCUT2D eigenvalue weighted by molar-refractivity contribution is -0.188. The summed E-state index contributed by atoms with van der Waals surface area (Å²) in [6, 6.07) is 14.5. The summed E-state index contributed by atoms with van der Waals surface area (Å²) in [5.74, 6) is 1.07. The van der Waals surface area contributed by atoms with Gasteiger partial charge in [-0.3, -0.25) is 0 Å². The van der Waals surface area contributed by atoms with Crippen molar-refractivity contribution >= 4 is 11.9 Å². The largest absolute Gasteiger partial charge is 0.472 e. The van der Waals surface area contributed by atoms with Crippen molar-refractivity contribution in [3.05, 3.63) is 71.2 Å². The van der Waals surface area contributed by atoms with Gasteiger partial charge in [-0.05, 0) is 52.0 Å². The van der Waals surface area contributed by atoms with E-state index in [1.807, 2.05) is 38.1 Å². The third-order valence-corrected chi connectivity index (χ3v) is 9.70. The van der Waals surface area contributed by atoms with E-state index < -0.39 is 45.5 Å². The van der Waals surface area contributed by atoms with Crippen LogP contribution in [0.3, 0.4) is 0 Å². The molecule has 2 fully saturated rings. The predicted molar refractivity (Wildman–Crippen MR) is 135 cm³/mol. The van der Waals surface area contributed by atoms with Gasteiger partial charge in [0.1, 0.15) is 11.2 Å². The van der Waals surface area contributed by atoms with E-state index >= 15 is 0 Å². The molecule has 6 aliphatic heterocycles. The van der Waals surface area contributed by atoms with Gasteiger partial charge >= 0.3 is 11.9 Å². The monoisotopic (exact) mass is 546 g/mol. The Morgan fingerprint density at radius 2 is 0.925 bits per heavy atom. The van der Waals surface area contributed by atoms with Crippen molar-refractivity contribution in [1.82, 2.24) is 0 Å². The first-order valence-corrected chi connectivity index (χ1v) is 13.0. The molecule has 0 spiro atoms. The lowest BCUT2D eigenvalue weighted by Gasteiger charge is -2.60. The van der Waals surface area contributed by atoms with E-state index in [1.165, 1.54) is 14.2 Å². The van der Waals surface area contributed by atoms with Crippen molar-refractivity contribution in [3.8, 4) is 23.0 Å². The highest BCUT2D eigenvalue weighted by molar-refractivity contribution is 6.06. The summed E-state index contributed by atoms with van der Waals surface area (Å²) < 4.78 is 51.4. The van der Waals surface area contributed by atoms with E-state index in [1.54, 1.807) is 38.1 Å². The summed E-state index contributed by atoms with van der Waals surface area (Å²) in [4.78, 5) is 27.1. The smallest absolute Gasteiger partial charge is 0.337 e. The first-order chi connectivity index (χ1) is 19.0. The fraction of sp³-hybridized carbons (Fsp3) is 0.400. The highest BCUT2D eigenvalue weighted by Gasteiger charge is 3.04. The number of rotatable bonds is 2. The van der Waals surface area contributed by atoms with Crippen LogP contribution < -0.4 is 18.9 Å². The minimum Gasteiger partial charge on any atom is -0.472 e. The van der Waals surface area contributed by atoms with Crippen LogP contribution in [0.4, 0.5) is 0 Å². The van der Waals surface area contributed by atoms with Gasteiger partial charge in [0.2, 0.25) is 11.2 Å².